The van der Waals surface area contributed by atoms with Crippen LogP contribution in [0.2, 0.25) is 0 Å². The van der Waals surface area contributed by atoms with Gasteiger partial charge in [-0.1, -0.05) is 26.2 Å². The predicted molar refractivity (Wildman–Crippen MR) is 96.5 cm³/mol. The van der Waals surface area contributed by atoms with Gasteiger partial charge in [-0.15, -0.1) is 0 Å². The van der Waals surface area contributed by atoms with Gasteiger partial charge in [-0.3, -0.25) is 19.7 Å². The van der Waals surface area contributed by atoms with Crippen LogP contribution in [0.5, 0.6) is 5.75 Å². The molecule has 1 unspecified atom stereocenters. The fourth-order valence-corrected chi connectivity index (χ4v) is 2.36. The van der Waals surface area contributed by atoms with E-state index in [1.807, 2.05) is 0 Å². The first-order valence-corrected chi connectivity index (χ1v) is 8.47. The first-order chi connectivity index (χ1) is 12.4. The number of hydrogen-bond acceptors (Lipinski definition) is 6. The highest BCUT2D eigenvalue weighted by molar-refractivity contribution is 5.95. The van der Waals surface area contributed by atoms with E-state index < -0.39 is 22.8 Å². The summed E-state index contributed by atoms with van der Waals surface area (Å²) in [6, 6.07) is 2.78. The van der Waals surface area contributed by atoms with E-state index in [-0.39, 0.29) is 23.5 Å². The Morgan fingerprint density at radius 2 is 2.04 bits per heavy atom. The maximum absolute atomic E-state index is 12.1. The molecule has 0 aliphatic carbocycles. The highest BCUT2D eigenvalue weighted by Gasteiger charge is 2.21. The van der Waals surface area contributed by atoms with Crippen LogP contribution in [0.15, 0.2) is 18.2 Å². The zero-order chi connectivity index (χ0) is 19.5. The molecule has 0 saturated carbocycles. The summed E-state index contributed by atoms with van der Waals surface area (Å²) in [6.07, 6.45) is 3.75. The van der Waals surface area contributed by atoms with Gasteiger partial charge < -0.3 is 20.5 Å². The third kappa shape index (κ3) is 7.06. The molecule has 9 heteroatoms. The number of amides is 1. The van der Waals surface area contributed by atoms with Gasteiger partial charge in [-0.2, -0.15) is 0 Å². The van der Waals surface area contributed by atoms with Crippen molar-refractivity contribution in [1.82, 2.24) is 5.32 Å². The molecule has 1 atom stereocenters. The number of carbonyl (C=O) groups is 2. The number of nitro benzene ring substituents is 1. The van der Waals surface area contributed by atoms with Crippen molar-refractivity contribution >= 4 is 23.3 Å². The number of nitrogens with zero attached hydrogens (tertiary/aromatic N) is 1. The topological polar surface area (TPSA) is 131 Å². The average molecular weight is 367 g/mol. The molecule has 1 amide bonds. The first-order valence-electron chi connectivity index (χ1n) is 8.47. The molecular formula is C17H25N3O6. The van der Waals surface area contributed by atoms with Gasteiger partial charge in [0.2, 0.25) is 5.91 Å². The van der Waals surface area contributed by atoms with Gasteiger partial charge in [0, 0.05) is 6.07 Å². The molecule has 0 fully saturated rings. The highest BCUT2D eigenvalue weighted by Crippen LogP contribution is 2.29. The zero-order valence-electron chi connectivity index (χ0n) is 15.0. The number of benzene rings is 1. The van der Waals surface area contributed by atoms with Crippen LogP contribution < -0.4 is 15.4 Å². The van der Waals surface area contributed by atoms with Gasteiger partial charge in [-0.05, 0) is 19.0 Å². The van der Waals surface area contributed by atoms with Gasteiger partial charge in [0.05, 0.1) is 30.2 Å². The van der Waals surface area contributed by atoms with E-state index in [9.17, 15) is 24.8 Å². The minimum atomic E-state index is -1.11. The van der Waals surface area contributed by atoms with E-state index in [4.69, 9.17) is 4.74 Å². The van der Waals surface area contributed by atoms with Gasteiger partial charge in [0.1, 0.15) is 11.8 Å². The molecule has 0 aliphatic heterocycles. The molecule has 0 aromatic heterocycles. The Morgan fingerprint density at radius 3 is 2.62 bits per heavy atom. The number of unbranched alkanes of at least 4 members (excludes halogenated alkanes) is 3. The monoisotopic (exact) mass is 367 g/mol. The van der Waals surface area contributed by atoms with Crippen LogP contribution in [0.4, 0.5) is 11.4 Å². The molecule has 1 aromatic rings. The Balaban J connectivity index is 2.64. The van der Waals surface area contributed by atoms with Crippen LogP contribution in [-0.4, -0.2) is 41.6 Å². The highest BCUT2D eigenvalue weighted by atomic mass is 16.6. The fourth-order valence-electron chi connectivity index (χ4n) is 2.36. The molecule has 1 aromatic carbocycles. The summed E-state index contributed by atoms with van der Waals surface area (Å²) >= 11 is 0. The largest absolute Gasteiger partial charge is 0.494 e. The van der Waals surface area contributed by atoms with Gasteiger partial charge in [-0.25, -0.2) is 0 Å². The Kier molecular flexibility index (Phi) is 9.07. The number of ether oxygens (including phenoxy) is 1. The second-order valence-electron chi connectivity index (χ2n) is 5.80. The molecular weight excluding hydrogens is 342 g/mol. The van der Waals surface area contributed by atoms with Crippen LogP contribution in [0.25, 0.3) is 0 Å². The summed E-state index contributed by atoms with van der Waals surface area (Å²) in [5.74, 6) is -1.50. The van der Waals surface area contributed by atoms with E-state index in [1.165, 1.54) is 25.3 Å². The minimum Gasteiger partial charge on any atom is -0.494 e. The smallest absolute Gasteiger partial charge is 0.321 e. The fraction of sp³-hybridized carbons (Fsp3) is 0.529. The standard InChI is InChI=1S/C17H25N3O6/c1-3-4-5-6-9-18-14(17(22)23)11-16(21)19-13-8-7-12(20(24)25)10-15(13)26-2/h7-8,10,14,18H,3-6,9,11H2,1-2H3,(H,19,21)(H,22,23). The summed E-state index contributed by atoms with van der Waals surface area (Å²) < 4.78 is 5.04. The lowest BCUT2D eigenvalue weighted by Gasteiger charge is -2.15. The number of rotatable bonds is 12. The lowest BCUT2D eigenvalue weighted by Crippen LogP contribution is -2.40. The number of nitrogens with one attached hydrogen (secondary N) is 2. The molecule has 0 spiro atoms. The number of non-ortho nitro benzene ring substituents is 1. The predicted octanol–water partition coefficient (Wildman–Crippen LogP) is 2.56. The summed E-state index contributed by atoms with van der Waals surface area (Å²) in [7, 11) is 1.33. The van der Waals surface area contributed by atoms with Gasteiger partial charge >= 0.3 is 5.97 Å². The number of hydrogen-bond donors (Lipinski definition) is 3. The number of carbonyl (C=O) groups excluding carboxylic acids is 1. The number of methoxy groups -OCH3 is 1. The molecule has 0 aliphatic rings. The van der Waals surface area contributed by atoms with Crippen LogP contribution in [-0.2, 0) is 9.59 Å². The van der Waals surface area contributed by atoms with E-state index in [2.05, 4.69) is 17.6 Å². The molecule has 26 heavy (non-hydrogen) atoms. The van der Waals surface area contributed by atoms with Crippen molar-refractivity contribution in [2.75, 3.05) is 19.0 Å². The molecule has 3 N–H and O–H groups in total. The third-order valence-electron chi connectivity index (χ3n) is 3.78. The van der Waals surface area contributed by atoms with Crippen molar-refractivity contribution in [3.05, 3.63) is 28.3 Å². The van der Waals surface area contributed by atoms with Crippen LogP contribution in [0.3, 0.4) is 0 Å². The second kappa shape index (κ2) is 11.0. The summed E-state index contributed by atoms with van der Waals surface area (Å²) in [4.78, 5) is 33.7. The van der Waals surface area contributed by atoms with E-state index >= 15 is 0 Å². The summed E-state index contributed by atoms with van der Waals surface area (Å²) in [5.41, 5.74) is 0.0761. The van der Waals surface area contributed by atoms with Crippen molar-refractivity contribution < 1.29 is 24.4 Å². The van der Waals surface area contributed by atoms with Crippen molar-refractivity contribution in [2.24, 2.45) is 0 Å². The quantitative estimate of drug-likeness (QED) is 0.294. The second-order valence-corrected chi connectivity index (χ2v) is 5.80. The average Bonchev–Trinajstić information content (AvgIpc) is 2.60. The number of nitro groups is 1. The van der Waals surface area contributed by atoms with Crippen molar-refractivity contribution in [3.63, 3.8) is 0 Å². The number of carboxylic acids is 1. The number of carboxylic acid groups (broad SMARTS) is 1. The van der Waals surface area contributed by atoms with Crippen LogP contribution in [0.1, 0.15) is 39.0 Å². The molecule has 0 saturated heterocycles. The third-order valence-corrected chi connectivity index (χ3v) is 3.78. The van der Waals surface area contributed by atoms with E-state index in [0.717, 1.165) is 25.7 Å². The molecule has 1 rings (SSSR count). The van der Waals surface area contributed by atoms with E-state index in [1.54, 1.807) is 0 Å². The Hall–Kier alpha value is -2.68. The molecule has 0 heterocycles. The molecule has 144 valence electrons. The number of anilines is 1. The summed E-state index contributed by atoms with van der Waals surface area (Å²) in [5, 5.41) is 25.4. The maximum atomic E-state index is 12.1. The SMILES string of the molecule is CCCCCCNC(CC(=O)Nc1ccc([N+](=O)[O-])cc1OC)C(=O)O. The Bertz CT molecular complexity index is 635. The normalized spacial score (nSPS) is 11.6. The Morgan fingerprint density at radius 1 is 1.31 bits per heavy atom. The van der Waals surface area contributed by atoms with Crippen molar-refractivity contribution in [1.29, 1.82) is 0 Å². The molecule has 9 nitrogen and oxygen atoms in total. The zero-order valence-corrected chi connectivity index (χ0v) is 15.0. The van der Waals surface area contributed by atoms with Crippen molar-refractivity contribution in [3.8, 4) is 5.75 Å². The lowest BCUT2D eigenvalue weighted by molar-refractivity contribution is -0.384. The molecule has 0 radical (unpaired) electrons. The minimum absolute atomic E-state index is 0.131. The summed E-state index contributed by atoms with van der Waals surface area (Å²) in [6.45, 7) is 2.61. The first kappa shape index (κ1) is 21.4. The van der Waals surface area contributed by atoms with Gasteiger partial charge in [0.25, 0.3) is 5.69 Å². The maximum Gasteiger partial charge on any atom is 0.321 e. The lowest BCUT2D eigenvalue weighted by atomic mass is 10.1. The van der Waals surface area contributed by atoms with Crippen LogP contribution >= 0.6 is 0 Å². The molecule has 0 bridgehead atoms. The number of aliphatic carboxylic acids is 1. The van der Waals surface area contributed by atoms with Gasteiger partial charge in [0.15, 0.2) is 0 Å². The van der Waals surface area contributed by atoms with Crippen molar-refractivity contribution in [2.45, 2.75) is 45.1 Å². The Labute approximate surface area is 151 Å². The van der Waals surface area contributed by atoms with Crippen LogP contribution in [0, 0.1) is 10.1 Å². The van der Waals surface area contributed by atoms with E-state index in [0.29, 0.717) is 6.54 Å².